The summed E-state index contributed by atoms with van der Waals surface area (Å²) in [5, 5.41) is 3.36. The fourth-order valence-electron chi connectivity index (χ4n) is 2.00. The van der Waals surface area contributed by atoms with Gasteiger partial charge in [0.05, 0.1) is 6.61 Å². The van der Waals surface area contributed by atoms with Crippen molar-refractivity contribution in [1.29, 1.82) is 0 Å². The summed E-state index contributed by atoms with van der Waals surface area (Å²) in [4.78, 5) is 4.34. The van der Waals surface area contributed by atoms with Crippen molar-refractivity contribution in [2.24, 2.45) is 5.92 Å². The fourth-order valence-corrected chi connectivity index (χ4v) is 2.00. The molecule has 0 unspecified atom stereocenters. The molecule has 20 heavy (non-hydrogen) atoms. The van der Waals surface area contributed by atoms with E-state index >= 15 is 0 Å². The molecule has 0 aliphatic rings. The molecular weight excluding hydrogens is 250 g/mol. The number of hydrogen-bond acceptors (Lipinski definition) is 3. The summed E-state index contributed by atoms with van der Waals surface area (Å²) in [6, 6.07) is 9.90. The van der Waals surface area contributed by atoms with Crippen molar-refractivity contribution in [3.8, 4) is 5.75 Å². The highest BCUT2D eigenvalue weighted by molar-refractivity contribution is 5.25. The van der Waals surface area contributed by atoms with Crippen LogP contribution in [0.1, 0.15) is 20.3 Å². The van der Waals surface area contributed by atoms with Crippen LogP contribution >= 0.6 is 0 Å². The Labute approximate surface area is 120 Å². The number of rotatable bonds is 8. The first-order chi connectivity index (χ1) is 9.75. The summed E-state index contributed by atoms with van der Waals surface area (Å²) in [6.45, 7) is 6.97. The van der Waals surface area contributed by atoms with E-state index in [0.29, 0.717) is 12.5 Å². The van der Waals surface area contributed by atoms with E-state index in [9.17, 15) is 0 Å². The molecule has 0 saturated carbocycles. The number of aromatic nitrogens is 2. The minimum atomic E-state index is 0.617. The van der Waals surface area contributed by atoms with Gasteiger partial charge in [-0.15, -0.1) is 0 Å². The first-order valence-electron chi connectivity index (χ1n) is 7.18. The molecule has 1 aromatic heterocycles. The summed E-state index contributed by atoms with van der Waals surface area (Å²) in [5.74, 6) is 2.48. The van der Waals surface area contributed by atoms with Crippen LogP contribution in [0.15, 0.2) is 42.7 Å². The number of imidazole rings is 1. The lowest BCUT2D eigenvalue weighted by Crippen LogP contribution is -2.13. The van der Waals surface area contributed by atoms with Crippen molar-refractivity contribution in [2.45, 2.75) is 26.8 Å². The molecule has 0 atom stereocenters. The van der Waals surface area contributed by atoms with E-state index in [1.807, 2.05) is 42.7 Å². The second-order valence-corrected chi connectivity index (χ2v) is 5.24. The van der Waals surface area contributed by atoms with Gasteiger partial charge in [-0.25, -0.2) is 4.98 Å². The Kier molecular flexibility index (Phi) is 5.47. The minimum Gasteiger partial charge on any atom is -0.494 e. The second-order valence-electron chi connectivity index (χ2n) is 5.24. The summed E-state index contributed by atoms with van der Waals surface area (Å²) >= 11 is 0. The Morgan fingerprint density at radius 1 is 1.25 bits per heavy atom. The maximum atomic E-state index is 5.65. The van der Waals surface area contributed by atoms with Gasteiger partial charge in [0.25, 0.3) is 0 Å². The lowest BCUT2D eigenvalue weighted by atomic mass is 10.2. The van der Waals surface area contributed by atoms with Crippen LogP contribution in [0.2, 0.25) is 0 Å². The Morgan fingerprint density at radius 2 is 2.05 bits per heavy atom. The van der Waals surface area contributed by atoms with Crippen molar-refractivity contribution >= 4 is 5.95 Å². The molecule has 4 heteroatoms. The topological polar surface area (TPSA) is 39.1 Å². The molecular formula is C16H23N3O. The molecule has 108 valence electrons. The Morgan fingerprint density at radius 3 is 2.80 bits per heavy atom. The number of nitrogens with zero attached hydrogens (tertiary/aromatic N) is 2. The zero-order valence-corrected chi connectivity index (χ0v) is 12.2. The highest BCUT2D eigenvalue weighted by atomic mass is 16.5. The molecule has 2 aromatic rings. The van der Waals surface area contributed by atoms with Gasteiger partial charge in [-0.3, -0.25) is 0 Å². The van der Waals surface area contributed by atoms with Gasteiger partial charge in [-0.05, 0) is 24.5 Å². The van der Waals surface area contributed by atoms with Crippen molar-refractivity contribution in [1.82, 2.24) is 9.55 Å². The first kappa shape index (κ1) is 14.4. The van der Waals surface area contributed by atoms with Gasteiger partial charge >= 0.3 is 0 Å². The molecule has 1 aromatic carbocycles. The minimum absolute atomic E-state index is 0.617. The Balaban J connectivity index is 1.67. The van der Waals surface area contributed by atoms with Gasteiger partial charge < -0.3 is 14.6 Å². The van der Waals surface area contributed by atoms with Gasteiger partial charge in [0.2, 0.25) is 5.95 Å². The molecule has 1 N–H and O–H groups in total. The molecule has 2 rings (SSSR count). The van der Waals surface area contributed by atoms with Crippen molar-refractivity contribution in [2.75, 3.05) is 18.5 Å². The second kappa shape index (κ2) is 7.58. The van der Waals surface area contributed by atoms with E-state index in [0.717, 1.165) is 31.2 Å². The van der Waals surface area contributed by atoms with Crippen molar-refractivity contribution in [3.05, 3.63) is 42.7 Å². The van der Waals surface area contributed by atoms with Gasteiger partial charge in [0.1, 0.15) is 5.75 Å². The number of nitrogens with one attached hydrogen (secondary N) is 1. The van der Waals surface area contributed by atoms with Crippen LogP contribution in [0.4, 0.5) is 5.95 Å². The van der Waals surface area contributed by atoms with Crippen LogP contribution in [0, 0.1) is 5.92 Å². The predicted octanol–water partition coefficient (Wildman–Crippen LogP) is 3.42. The van der Waals surface area contributed by atoms with Gasteiger partial charge in [-0.1, -0.05) is 32.0 Å². The Bertz CT molecular complexity index is 493. The molecule has 0 saturated heterocycles. The molecule has 0 aliphatic carbocycles. The fraction of sp³-hybridized carbons (Fsp3) is 0.438. The van der Waals surface area contributed by atoms with E-state index in [1.54, 1.807) is 0 Å². The number of hydrogen-bond donors (Lipinski definition) is 1. The van der Waals surface area contributed by atoms with Crippen LogP contribution in [-0.2, 0) is 6.54 Å². The monoisotopic (exact) mass is 273 g/mol. The SMILES string of the molecule is CC(C)Cn1ccnc1NCCCOc1ccccc1. The number of anilines is 1. The van der Waals surface area contributed by atoms with Gasteiger partial charge in [0.15, 0.2) is 0 Å². The molecule has 0 bridgehead atoms. The first-order valence-corrected chi connectivity index (χ1v) is 7.18. The largest absolute Gasteiger partial charge is 0.494 e. The van der Waals surface area contributed by atoms with Crippen LogP contribution in [0.25, 0.3) is 0 Å². The summed E-state index contributed by atoms with van der Waals surface area (Å²) in [5.41, 5.74) is 0. The van der Waals surface area contributed by atoms with Gasteiger partial charge in [-0.2, -0.15) is 0 Å². The number of para-hydroxylation sites is 1. The van der Waals surface area contributed by atoms with E-state index in [2.05, 4.69) is 28.7 Å². The third kappa shape index (κ3) is 4.61. The van der Waals surface area contributed by atoms with Crippen LogP contribution < -0.4 is 10.1 Å². The predicted molar refractivity (Wildman–Crippen MR) is 82.1 cm³/mol. The molecule has 0 aliphatic heterocycles. The standard InChI is InChI=1S/C16H23N3O/c1-14(2)13-19-11-10-18-16(19)17-9-6-12-20-15-7-4-3-5-8-15/h3-5,7-8,10-11,14H,6,9,12-13H2,1-2H3,(H,17,18). The molecule has 0 amide bonds. The molecule has 0 spiro atoms. The maximum absolute atomic E-state index is 5.65. The average molecular weight is 273 g/mol. The molecule has 0 fully saturated rings. The maximum Gasteiger partial charge on any atom is 0.202 e. The Hall–Kier alpha value is -1.97. The van der Waals surface area contributed by atoms with E-state index in [1.165, 1.54) is 0 Å². The normalized spacial score (nSPS) is 10.8. The van der Waals surface area contributed by atoms with Crippen LogP contribution in [-0.4, -0.2) is 22.7 Å². The van der Waals surface area contributed by atoms with E-state index < -0.39 is 0 Å². The van der Waals surface area contributed by atoms with Crippen LogP contribution in [0.3, 0.4) is 0 Å². The van der Waals surface area contributed by atoms with E-state index in [4.69, 9.17) is 4.74 Å². The highest BCUT2D eigenvalue weighted by Crippen LogP contribution is 2.10. The lowest BCUT2D eigenvalue weighted by Gasteiger charge is -2.12. The zero-order chi connectivity index (χ0) is 14.2. The molecule has 0 radical (unpaired) electrons. The van der Waals surface area contributed by atoms with Gasteiger partial charge in [0, 0.05) is 25.5 Å². The third-order valence-electron chi connectivity index (χ3n) is 2.89. The smallest absolute Gasteiger partial charge is 0.202 e. The van der Waals surface area contributed by atoms with E-state index in [-0.39, 0.29) is 0 Å². The average Bonchev–Trinajstić information content (AvgIpc) is 2.86. The summed E-state index contributed by atoms with van der Waals surface area (Å²) < 4.78 is 7.81. The van der Waals surface area contributed by atoms with Crippen LogP contribution in [0.5, 0.6) is 5.75 Å². The number of ether oxygens (including phenoxy) is 1. The quantitative estimate of drug-likeness (QED) is 0.749. The zero-order valence-electron chi connectivity index (χ0n) is 12.2. The highest BCUT2D eigenvalue weighted by Gasteiger charge is 2.03. The summed E-state index contributed by atoms with van der Waals surface area (Å²) in [7, 11) is 0. The van der Waals surface area contributed by atoms with Crippen molar-refractivity contribution < 1.29 is 4.74 Å². The lowest BCUT2D eigenvalue weighted by molar-refractivity contribution is 0.315. The molecule has 4 nitrogen and oxygen atoms in total. The van der Waals surface area contributed by atoms with Crippen molar-refractivity contribution in [3.63, 3.8) is 0 Å². The number of benzene rings is 1. The summed E-state index contributed by atoms with van der Waals surface area (Å²) in [6.07, 6.45) is 4.80. The third-order valence-corrected chi connectivity index (χ3v) is 2.89. The molecule has 1 heterocycles.